The highest BCUT2D eigenvalue weighted by Crippen LogP contribution is 2.50. The Hall–Kier alpha value is -4.75. The molecule has 0 saturated carbocycles. The van der Waals surface area contributed by atoms with E-state index in [0.29, 0.717) is 6.42 Å². The Morgan fingerprint density at radius 2 is 1.58 bits per heavy atom. The van der Waals surface area contributed by atoms with Gasteiger partial charge in [-0.05, 0) is 41.2 Å². The van der Waals surface area contributed by atoms with Crippen LogP contribution in [0.5, 0.6) is 0 Å². The highest BCUT2D eigenvalue weighted by molar-refractivity contribution is 6.09. The first kappa shape index (κ1) is 30.3. The molecular weight excluding hydrogens is 562 g/mol. The first-order valence-electron chi connectivity index (χ1n) is 15.8. The van der Waals surface area contributed by atoms with Crippen molar-refractivity contribution in [3.8, 4) is 0 Å². The van der Waals surface area contributed by atoms with Crippen molar-refractivity contribution >= 4 is 40.8 Å². The number of aromatic amines is 1. The molecule has 6 rings (SSSR count). The van der Waals surface area contributed by atoms with Gasteiger partial charge in [0.2, 0.25) is 11.8 Å². The van der Waals surface area contributed by atoms with E-state index in [4.69, 9.17) is 0 Å². The molecule has 2 fully saturated rings. The van der Waals surface area contributed by atoms with Gasteiger partial charge in [0.25, 0.3) is 0 Å². The number of unbranched alkanes of at least 4 members (excludes halogenated alkanes) is 2. The van der Waals surface area contributed by atoms with Crippen molar-refractivity contribution in [1.29, 1.82) is 0 Å². The van der Waals surface area contributed by atoms with Crippen LogP contribution in [0.3, 0.4) is 0 Å². The summed E-state index contributed by atoms with van der Waals surface area (Å²) < 4.78 is 0. The summed E-state index contributed by atoms with van der Waals surface area (Å²) in [6.07, 6.45) is 13.7. The van der Waals surface area contributed by atoms with Crippen LogP contribution in [0, 0.1) is 11.8 Å². The highest BCUT2D eigenvalue weighted by atomic mass is 16.4. The summed E-state index contributed by atoms with van der Waals surface area (Å²) in [5.41, 5.74) is 2.87. The van der Waals surface area contributed by atoms with Crippen molar-refractivity contribution in [3.05, 3.63) is 119 Å². The van der Waals surface area contributed by atoms with Crippen molar-refractivity contribution in [2.24, 2.45) is 11.8 Å². The molecule has 2 aliphatic heterocycles. The van der Waals surface area contributed by atoms with E-state index in [-0.39, 0.29) is 18.9 Å². The molecule has 4 atom stereocenters. The predicted molar refractivity (Wildman–Crippen MR) is 177 cm³/mol. The molecule has 0 aliphatic carbocycles. The summed E-state index contributed by atoms with van der Waals surface area (Å²) in [5.74, 6) is -3.71. The number of aromatic nitrogens is 1. The third kappa shape index (κ3) is 5.88. The van der Waals surface area contributed by atoms with E-state index < -0.39 is 35.3 Å². The number of allylic oxidation sites excluding steroid dienone is 1. The summed E-state index contributed by atoms with van der Waals surface area (Å²) in [7, 11) is 0. The number of carbonyl (C=O) groups is 3. The molecule has 0 spiro atoms. The van der Waals surface area contributed by atoms with E-state index in [9.17, 15) is 19.5 Å². The van der Waals surface area contributed by atoms with Crippen LogP contribution in [0.1, 0.15) is 60.9 Å². The zero-order valence-corrected chi connectivity index (χ0v) is 25.5. The molecule has 3 heterocycles. The number of amides is 2. The Labute approximate surface area is 263 Å². The predicted octanol–water partition coefficient (Wildman–Crippen LogP) is 6.79. The maximum Gasteiger partial charge on any atom is 0.325 e. The molecule has 7 nitrogen and oxygen atoms in total. The minimum absolute atomic E-state index is 0.0612. The molecule has 3 N–H and O–H groups in total. The first-order chi connectivity index (χ1) is 21.9. The number of carbonyl (C=O) groups excluding carboxylic acids is 2. The lowest BCUT2D eigenvalue weighted by molar-refractivity contribution is -0.151. The van der Waals surface area contributed by atoms with Gasteiger partial charge in [-0.25, -0.2) is 0 Å². The topological polar surface area (TPSA) is 102 Å². The largest absolute Gasteiger partial charge is 0.480 e. The fourth-order valence-electron chi connectivity index (χ4n) is 6.92. The fourth-order valence-corrected chi connectivity index (χ4v) is 6.92. The number of para-hydroxylation sites is 1. The van der Waals surface area contributed by atoms with Crippen LogP contribution in [0.15, 0.2) is 97.2 Å². The highest BCUT2D eigenvalue weighted by Gasteiger charge is 2.68. The smallest absolute Gasteiger partial charge is 0.325 e. The Balaban J connectivity index is 1.33. The Kier molecular flexibility index (Phi) is 8.80. The summed E-state index contributed by atoms with van der Waals surface area (Å²) >= 11 is 0. The lowest BCUT2D eigenvalue weighted by atomic mass is 9.76. The van der Waals surface area contributed by atoms with E-state index >= 15 is 0 Å². The number of H-pyrrole nitrogens is 1. The lowest BCUT2D eigenvalue weighted by Gasteiger charge is -2.31. The number of benzene rings is 3. The van der Waals surface area contributed by atoms with E-state index in [1.165, 1.54) is 4.90 Å². The minimum Gasteiger partial charge on any atom is -0.480 e. The standard InChI is InChI=1S/C38H39N3O4/c1-2-3-4-5-6-12-23-41-35(42)32-33(36(41)43)38(37(44)45,24-29-25-39-31-16-11-10-15-30(29)31)40-34(32)28-21-19-27(20-22-28)18-17-26-13-8-7-9-14-26/h5-11,13-22,25,32-34,39-40H,2-4,12,23-24H2,1H3,(H,44,45)/b6-5+,18-17+. The van der Waals surface area contributed by atoms with Crippen LogP contribution in [0.25, 0.3) is 23.1 Å². The molecule has 2 saturated heterocycles. The van der Waals surface area contributed by atoms with Crippen LogP contribution in [-0.2, 0) is 20.8 Å². The number of aliphatic carboxylic acids is 1. The number of likely N-dealkylation sites (tertiary alicyclic amines) is 1. The fraction of sp³-hybridized carbons (Fsp3) is 0.289. The number of carboxylic acid groups (broad SMARTS) is 1. The zero-order valence-electron chi connectivity index (χ0n) is 25.5. The van der Waals surface area contributed by atoms with Crippen molar-refractivity contribution in [2.45, 2.75) is 50.6 Å². The summed E-state index contributed by atoms with van der Waals surface area (Å²) in [6, 6.07) is 24.9. The lowest BCUT2D eigenvalue weighted by Crippen LogP contribution is -2.57. The molecule has 45 heavy (non-hydrogen) atoms. The zero-order chi connectivity index (χ0) is 31.4. The molecule has 0 bridgehead atoms. The molecule has 230 valence electrons. The van der Waals surface area contributed by atoms with Gasteiger partial charge in [0, 0.05) is 36.1 Å². The van der Waals surface area contributed by atoms with E-state index in [1.54, 1.807) is 0 Å². The average Bonchev–Trinajstić information content (AvgIpc) is 3.71. The first-order valence-corrected chi connectivity index (χ1v) is 15.8. The van der Waals surface area contributed by atoms with Gasteiger partial charge in [0.15, 0.2) is 0 Å². The van der Waals surface area contributed by atoms with E-state index in [1.807, 2.05) is 103 Å². The number of rotatable bonds is 12. The van der Waals surface area contributed by atoms with Gasteiger partial charge >= 0.3 is 5.97 Å². The summed E-state index contributed by atoms with van der Waals surface area (Å²) in [4.78, 5) is 46.0. The molecule has 4 aromatic rings. The second kappa shape index (κ2) is 13.1. The normalized spacial score (nSPS) is 23.1. The molecule has 2 amide bonds. The monoisotopic (exact) mass is 601 g/mol. The molecule has 4 unspecified atom stereocenters. The van der Waals surface area contributed by atoms with Crippen LogP contribution >= 0.6 is 0 Å². The SMILES string of the molecule is CCCC/C=C/CCN1C(=O)C2C(c3ccc(/C=C/c4ccccc4)cc3)NC(Cc3c[nH]c4ccccc34)(C(=O)O)C2C1=O. The number of hydrogen-bond acceptors (Lipinski definition) is 4. The van der Waals surface area contributed by atoms with E-state index in [2.05, 4.69) is 23.3 Å². The third-order valence-electron chi connectivity index (χ3n) is 9.25. The van der Waals surface area contributed by atoms with Crippen molar-refractivity contribution in [3.63, 3.8) is 0 Å². The van der Waals surface area contributed by atoms with Crippen molar-refractivity contribution < 1.29 is 19.5 Å². The number of hydrogen-bond donors (Lipinski definition) is 3. The maximum absolute atomic E-state index is 14.1. The van der Waals surface area contributed by atoms with Crippen LogP contribution in [-0.4, -0.2) is 44.9 Å². The van der Waals surface area contributed by atoms with Gasteiger partial charge in [-0.2, -0.15) is 0 Å². The second-order valence-corrected chi connectivity index (χ2v) is 12.1. The maximum atomic E-state index is 14.1. The quantitative estimate of drug-likeness (QED) is 0.0719. The number of nitrogens with one attached hydrogen (secondary N) is 2. The number of carboxylic acids is 1. The summed E-state index contributed by atoms with van der Waals surface area (Å²) in [5, 5.41) is 15.1. The van der Waals surface area contributed by atoms with Crippen LogP contribution in [0.4, 0.5) is 0 Å². The van der Waals surface area contributed by atoms with Gasteiger partial charge in [-0.15, -0.1) is 0 Å². The Bertz CT molecular complexity index is 1740. The molecule has 1 aromatic heterocycles. The number of fused-ring (bicyclic) bond motifs is 2. The van der Waals surface area contributed by atoms with Gasteiger partial charge in [-0.3, -0.25) is 24.6 Å². The van der Waals surface area contributed by atoms with Crippen LogP contribution < -0.4 is 5.32 Å². The molecule has 0 radical (unpaired) electrons. The molecule has 3 aromatic carbocycles. The molecule has 2 aliphatic rings. The Morgan fingerprint density at radius 1 is 0.889 bits per heavy atom. The number of nitrogens with zero attached hydrogens (tertiary/aromatic N) is 1. The molecular formula is C38H39N3O4. The Morgan fingerprint density at radius 3 is 2.31 bits per heavy atom. The van der Waals surface area contributed by atoms with Crippen LogP contribution in [0.2, 0.25) is 0 Å². The minimum atomic E-state index is -1.66. The second-order valence-electron chi connectivity index (χ2n) is 12.1. The summed E-state index contributed by atoms with van der Waals surface area (Å²) in [6.45, 7) is 2.38. The third-order valence-corrected chi connectivity index (χ3v) is 9.25. The van der Waals surface area contributed by atoms with Gasteiger partial charge < -0.3 is 10.1 Å². The molecule has 7 heteroatoms. The van der Waals surface area contributed by atoms with Gasteiger partial charge in [-0.1, -0.05) is 117 Å². The van der Waals surface area contributed by atoms with Crippen molar-refractivity contribution in [1.82, 2.24) is 15.2 Å². The van der Waals surface area contributed by atoms with Crippen molar-refractivity contribution in [2.75, 3.05) is 6.54 Å². The van der Waals surface area contributed by atoms with Gasteiger partial charge in [0.05, 0.1) is 11.8 Å². The van der Waals surface area contributed by atoms with E-state index in [0.717, 1.165) is 52.4 Å². The number of imide groups is 1. The van der Waals surface area contributed by atoms with Gasteiger partial charge in [0.1, 0.15) is 5.54 Å². The average molecular weight is 602 g/mol.